The fourth-order valence-corrected chi connectivity index (χ4v) is 2.95. The van der Waals surface area contributed by atoms with E-state index < -0.39 is 0 Å². The van der Waals surface area contributed by atoms with Crippen LogP contribution in [0.25, 0.3) is 0 Å². The lowest BCUT2D eigenvalue weighted by Gasteiger charge is -2.29. The molecule has 0 N–H and O–H groups in total. The van der Waals surface area contributed by atoms with Crippen LogP contribution in [-0.2, 0) is 10.1 Å². The van der Waals surface area contributed by atoms with Gasteiger partial charge in [0.15, 0.2) is 0 Å². The van der Waals surface area contributed by atoms with Crippen molar-refractivity contribution in [3.8, 4) is 0 Å². The predicted octanol–water partition coefficient (Wildman–Crippen LogP) is 3.10. The summed E-state index contributed by atoms with van der Waals surface area (Å²) in [4.78, 5) is 12.7. The van der Waals surface area contributed by atoms with Crippen LogP contribution in [0.4, 0.5) is 11.4 Å². The Balaban J connectivity index is 2.27. The van der Waals surface area contributed by atoms with E-state index in [1.807, 2.05) is 13.1 Å². The number of ether oxygens (including phenoxy) is 1. The molecule has 104 valence electrons. The number of anilines is 1. The van der Waals surface area contributed by atoms with Crippen LogP contribution in [-0.4, -0.2) is 30.7 Å². The molecular weight excluding hydrogens is 312 g/mol. The van der Waals surface area contributed by atoms with Crippen molar-refractivity contribution in [2.24, 2.45) is 0 Å². The monoisotopic (exact) mass is 328 g/mol. The molecule has 1 heterocycles. The molecule has 0 bridgehead atoms. The number of nitro benzene ring substituents is 1. The van der Waals surface area contributed by atoms with Gasteiger partial charge in [0.1, 0.15) is 0 Å². The highest BCUT2D eigenvalue weighted by atomic mass is 79.9. The Morgan fingerprint density at radius 3 is 2.84 bits per heavy atom. The first kappa shape index (κ1) is 14.3. The summed E-state index contributed by atoms with van der Waals surface area (Å²) >= 11 is 3.31. The van der Waals surface area contributed by atoms with E-state index in [1.165, 1.54) is 0 Å². The van der Waals surface area contributed by atoms with Crippen LogP contribution >= 0.6 is 15.9 Å². The van der Waals surface area contributed by atoms with Crippen LogP contribution in [0, 0.1) is 10.1 Å². The summed E-state index contributed by atoms with van der Waals surface area (Å²) < 4.78 is 5.57. The lowest BCUT2D eigenvalue weighted by molar-refractivity contribution is -0.385. The molecule has 1 saturated heterocycles. The third-order valence-corrected chi connectivity index (χ3v) is 4.25. The van der Waals surface area contributed by atoms with Crippen LogP contribution in [0.15, 0.2) is 18.2 Å². The van der Waals surface area contributed by atoms with Gasteiger partial charge in [0.2, 0.25) is 0 Å². The van der Waals surface area contributed by atoms with Crippen LogP contribution < -0.4 is 4.90 Å². The minimum atomic E-state index is -0.346. The van der Waals surface area contributed by atoms with Gasteiger partial charge >= 0.3 is 0 Å². The van der Waals surface area contributed by atoms with Crippen LogP contribution in [0.2, 0.25) is 0 Å². The standard InChI is InChI=1S/C13H17BrN2O3/c1-9-12(5-6-19-9)15(2)11-3-4-13(16(17)18)10(7-11)8-14/h3-4,7,9,12H,5-6,8H2,1-2H3. The maximum Gasteiger partial charge on any atom is 0.273 e. The summed E-state index contributed by atoms with van der Waals surface area (Å²) in [5.74, 6) is 0. The smallest absolute Gasteiger partial charge is 0.273 e. The average Bonchev–Trinajstić information content (AvgIpc) is 2.83. The molecule has 1 fully saturated rings. The van der Waals surface area contributed by atoms with Gasteiger partial charge in [0.25, 0.3) is 5.69 Å². The highest BCUT2D eigenvalue weighted by Crippen LogP contribution is 2.29. The molecule has 1 aliphatic rings. The number of likely N-dealkylation sites (N-methyl/N-ethyl adjacent to an activating group) is 1. The fraction of sp³-hybridized carbons (Fsp3) is 0.538. The number of rotatable bonds is 4. The summed E-state index contributed by atoms with van der Waals surface area (Å²) in [6.07, 6.45) is 1.17. The van der Waals surface area contributed by atoms with Crippen molar-refractivity contribution >= 4 is 27.3 Å². The molecule has 0 radical (unpaired) electrons. The van der Waals surface area contributed by atoms with Crippen molar-refractivity contribution in [2.75, 3.05) is 18.6 Å². The lowest BCUT2D eigenvalue weighted by Crippen LogP contribution is -2.36. The van der Waals surface area contributed by atoms with Gasteiger partial charge < -0.3 is 9.64 Å². The lowest BCUT2D eigenvalue weighted by atomic mass is 10.1. The molecule has 0 aromatic heterocycles. The first-order valence-electron chi connectivity index (χ1n) is 6.22. The van der Waals surface area contributed by atoms with E-state index in [0.717, 1.165) is 18.7 Å². The van der Waals surface area contributed by atoms with E-state index in [4.69, 9.17) is 4.74 Å². The Labute approximate surface area is 120 Å². The van der Waals surface area contributed by atoms with Crippen molar-refractivity contribution < 1.29 is 9.66 Å². The molecule has 19 heavy (non-hydrogen) atoms. The summed E-state index contributed by atoms with van der Waals surface area (Å²) in [7, 11) is 2.01. The van der Waals surface area contributed by atoms with Gasteiger partial charge in [0.05, 0.1) is 17.1 Å². The first-order valence-corrected chi connectivity index (χ1v) is 7.34. The summed E-state index contributed by atoms with van der Waals surface area (Å²) in [6.45, 7) is 2.83. The third-order valence-electron chi connectivity index (χ3n) is 3.64. The summed E-state index contributed by atoms with van der Waals surface area (Å²) in [6, 6.07) is 5.57. The van der Waals surface area contributed by atoms with Crippen LogP contribution in [0.5, 0.6) is 0 Å². The number of nitrogens with zero attached hydrogens (tertiary/aromatic N) is 2. The predicted molar refractivity (Wildman–Crippen MR) is 77.9 cm³/mol. The zero-order valence-electron chi connectivity index (χ0n) is 11.0. The van der Waals surface area contributed by atoms with Crippen molar-refractivity contribution in [1.82, 2.24) is 0 Å². The van der Waals surface area contributed by atoms with E-state index in [-0.39, 0.29) is 16.7 Å². The average molecular weight is 329 g/mol. The molecular formula is C13H17BrN2O3. The highest BCUT2D eigenvalue weighted by Gasteiger charge is 2.28. The topological polar surface area (TPSA) is 55.6 Å². The second kappa shape index (κ2) is 5.88. The third kappa shape index (κ3) is 2.90. The number of halogens is 1. The number of hydrogen-bond donors (Lipinski definition) is 0. The Bertz CT molecular complexity index is 481. The minimum Gasteiger partial charge on any atom is -0.376 e. The van der Waals surface area contributed by atoms with Gasteiger partial charge in [-0.1, -0.05) is 15.9 Å². The Morgan fingerprint density at radius 1 is 1.58 bits per heavy atom. The van der Waals surface area contributed by atoms with E-state index in [1.54, 1.807) is 12.1 Å². The normalized spacial score (nSPS) is 22.5. The van der Waals surface area contributed by atoms with Crippen molar-refractivity contribution in [1.29, 1.82) is 0 Å². The first-order chi connectivity index (χ1) is 9.04. The molecule has 1 aromatic carbocycles. The number of benzene rings is 1. The van der Waals surface area contributed by atoms with E-state index >= 15 is 0 Å². The van der Waals surface area contributed by atoms with Gasteiger partial charge in [-0.3, -0.25) is 10.1 Å². The molecule has 1 aliphatic heterocycles. The summed E-state index contributed by atoms with van der Waals surface area (Å²) in [5, 5.41) is 11.4. The number of alkyl halides is 1. The Kier molecular flexibility index (Phi) is 4.42. The Morgan fingerprint density at radius 2 is 2.32 bits per heavy atom. The van der Waals surface area contributed by atoms with Gasteiger partial charge in [-0.25, -0.2) is 0 Å². The molecule has 5 nitrogen and oxygen atoms in total. The van der Waals surface area contributed by atoms with Gasteiger partial charge in [0, 0.05) is 36.3 Å². The Hall–Kier alpha value is -1.14. The molecule has 0 amide bonds. The molecule has 2 rings (SSSR count). The fourth-order valence-electron chi connectivity index (χ4n) is 2.50. The number of nitro groups is 1. The zero-order chi connectivity index (χ0) is 14.0. The molecule has 0 spiro atoms. The molecule has 1 aromatic rings. The maximum absolute atomic E-state index is 10.9. The molecule has 2 atom stereocenters. The molecule has 0 aliphatic carbocycles. The van der Waals surface area contributed by atoms with E-state index in [0.29, 0.717) is 16.9 Å². The quantitative estimate of drug-likeness (QED) is 0.484. The second-order valence-electron chi connectivity index (χ2n) is 4.75. The van der Waals surface area contributed by atoms with Crippen LogP contribution in [0.3, 0.4) is 0 Å². The molecule has 6 heteroatoms. The van der Waals surface area contributed by atoms with Gasteiger partial charge in [-0.15, -0.1) is 0 Å². The van der Waals surface area contributed by atoms with Gasteiger partial charge in [-0.05, 0) is 25.5 Å². The second-order valence-corrected chi connectivity index (χ2v) is 5.31. The van der Waals surface area contributed by atoms with E-state index in [9.17, 15) is 10.1 Å². The van der Waals surface area contributed by atoms with Gasteiger partial charge in [-0.2, -0.15) is 0 Å². The highest BCUT2D eigenvalue weighted by molar-refractivity contribution is 9.08. The molecule has 0 saturated carbocycles. The van der Waals surface area contributed by atoms with Crippen molar-refractivity contribution in [3.63, 3.8) is 0 Å². The van der Waals surface area contributed by atoms with Crippen molar-refractivity contribution in [2.45, 2.75) is 30.8 Å². The van der Waals surface area contributed by atoms with E-state index in [2.05, 4.69) is 27.8 Å². The number of hydrogen-bond acceptors (Lipinski definition) is 4. The largest absolute Gasteiger partial charge is 0.376 e. The maximum atomic E-state index is 10.9. The molecule has 2 unspecified atom stereocenters. The summed E-state index contributed by atoms with van der Waals surface area (Å²) in [5.41, 5.74) is 1.84. The zero-order valence-corrected chi connectivity index (χ0v) is 12.6. The van der Waals surface area contributed by atoms with Crippen molar-refractivity contribution in [3.05, 3.63) is 33.9 Å². The minimum absolute atomic E-state index is 0.157. The SMILES string of the molecule is CC1OCCC1N(C)c1ccc([N+](=O)[O-])c(CBr)c1. The van der Waals surface area contributed by atoms with Crippen LogP contribution in [0.1, 0.15) is 18.9 Å².